The van der Waals surface area contributed by atoms with Gasteiger partial charge in [0.2, 0.25) is 0 Å². The van der Waals surface area contributed by atoms with E-state index < -0.39 is 4.92 Å². The molecule has 3 rings (SSSR count). The van der Waals surface area contributed by atoms with Gasteiger partial charge in [-0.2, -0.15) is 0 Å². The fourth-order valence-corrected chi connectivity index (χ4v) is 2.63. The zero-order valence-electron chi connectivity index (χ0n) is 10.5. The molecule has 104 valence electrons. The summed E-state index contributed by atoms with van der Waals surface area (Å²) in [4.78, 5) is 11.2. The van der Waals surface area contributed by atoms with Gasteiger partial charge in [0, 0.05) is 13.1 Å². The fourth-order valence-electron chi connectivity index (χ4n) is 1.75. The lowest BCUT2D eigenvalue weighted by Crippen LogP contribution is -2.15. The van der Waals surface area contributed by atoms with Gasteiger partial charge in [0.15, 0.2) is 16.7 Å². The van der Waals surface area contributed by atoms with Crippen LogP contribution in [-0.4, -0.2) is 32.9 Å². The standard InChI is InChI=1S/C11H10N4O4S/c1-14-6-12-13-11(14)20-10-5-9-8(18-2-3-19-9)4-7(10)15(16)17/h4-6H,2-3H2,1H3. The van der Waals surface area contributed by atoms with E-state index in [9.17, 15) is 10.1 Å². The van der Waals surface area contributed by atoms with E-state index >= 15 is 0 Å². The zero-order valence-corrected chi connectivity index (χ0v) is 11.3. The largest absolute Gasteiger partial charge is 0.486 e. The molecule has 0 spiro atoms. The molecule has 2 aromatic rings. The van der Waals surface area contributed by atoms with E-state index in [2.05, 4.69) is 10.2 Å². The number of ether oxygens (including phenoxy) is 2. The molecule has 2 heterocycles. The van der Waals surface area contributed by atoms with Crippen LogP contribution in [0.5, 0.6) is 11.5 Å². The number of hydrogen-bond acceptors (Lipinski definition) is 7. The molecule has 0 N–H and O–H groups in total. The molecule has 8 nitrogen and oxygen atoms in total. The van der Waals surface area contributed by atoms with Crippen molar-refractivity contribution in [2.24, 2.45) is 7.05 Å². The van der Waals surface area contributed by atoms with Crippen molar-refractivity contribution in [2.75, 3.05) is 13.2 Å². The van der Waals surface area contributed by atoms with Gasteiger partial charge in [-0.05, 0) is 11.8 Å². The molecule has 0 aliphatic carbocycles. The molecule has 0 amide bonds. The minimum atomic E-state index is -0.447. The van der Waals surface area contributed by atoms with E-state index in [1.54, 1.807) is 17.7 Å². The monoisotopic (exact) mass is 294 g/mol. The highest BCUT2D eigenvalue weighted by molar-refractivity contribution is 7.99. The molecule has 0 saturated heterocycles. The molecule has 0 fully saturated rings. The normalized spacial score (nSPS) is 13.2. The zero-order chi connectivity index (χ0) is 14.1. The number of aromatic nitrogens is 3. The third kappa shape index (κ3) is 2.27. The molecule has 0 radical (unpaired) electrons. The lowest BCUT2D eigenvalue weighted by molar-refractivity contribution is -0.387. The Balaban J connectivity index is 2.04. The Bertz CT molecular complexity index is 672. The lowest BCUT2D eigenvalue weighted by Gasteiger charge is -2.18. The molecule has 0 saturated carbocycles. The van der Waals surface area contributed by atoms with Crippen molar-refractivity contribution in [1.82, 2.24) is 14.8 Å². The van der Waals surface area contributed by atoms with Crippen LogP contribution in [0.15, 0.2) is 28.5 Å². The van der Waals surface area contributed by atoms with Gasteiger partial charge in [0.05, 0.1) is 15.9 Å². The quantitative estimate of drug-likeness (QED) is 0.627. The summed E-state index contributed by atoms with van der Waals surface area (Å²) in [5, 5.41) is 19.4. The van der Waals surface area contributed by atoms with Crippen LogP contribution in [-0.2, 0) is 7.05 Å². The van der Waals surface area contributed by atoms with E-state index in [1.165, 1.54) is 12.4 Å². The van der Waals surface area contributed by atoms with Gasteiger partial charge in [-0.25, -0.2) is 0 Å². The van der Waals surface area contributed by atoms with E-state index in [-0.39, 0.29) is 5.69 Å². The van der Waals surface area contributed by atoms with Crippen molar-refractivity contribution in [1.29, 1.82) is 0 Å². The van der Waals surface area contributed by atoms with Crippen LogP contribution in [0.3, 0.4) is 0 Å². The van der Waals surface area contributed by atoms with Crippen molar-refractivity contribution in [3.63, 3.8) is 0 Å². The second-order valence-corrected chi connectivity index (χ2v) is 5.06. The molecule has 1 aliphatic rings. The molecule has 1 aromatic carbocycles. The molecule has 1 aromatic heterocycles. The Labute approximate surface area is 117 Å². The maximum absolute atomic E-state index is 11.2. The van der Waals surface area contributed by atoms with Crippen molar-refractivity contribution in [3.8, 4) is 11.5 Å². The van der Waals surface area contributed by atoms with Crippen LogP contribution in [0.2, 0.25) is 0 Å². The summed E-state index contributed by atoms with van der Waals surface area (Å²) in [6.07, 6.45) is 1.53. The summed E-state index contributed by atoms with van der Waals surface area (Å²) in [6, 6.07) is 2.99. The summed E-state index contributed by atoms with van der Waals surface area (Å²) in [7, 11) is 1.77. The SMILES string of the molecule is Cn1cnnc1Sc1cc2c(cc1[N+](=O)[O-])OCCO2. The first-order chi connectivity index (χ1) is 9.65. The van der Waals surface area contributed by atoms with Gasteiger partial charge in [-0.3, -0.25) is 10.1 Å². The second-order valence-electron chi connectivity index (χ2n) is 4.05. The van der Waals surface area contributed by atoms with Gasteiger partial charge < -0.3 is 14.0 Å². The van der Waals surface area contributed by atoms with Crippen molar-refractivity contribution >= 4 is 17.4 Å². The van der Waals surface area contributed by atoms with Crippen LogP contribution in [0.1, 0.15) is 0 Å². The highest BCUT2D eigenvalue weighted by Crippen LogP contribution is 2.42. The van der Waals surface area contributed by atoms with E-state index in [1.807, 2.05) is 0 Å². The topological polar surface area (TPSA) is 92.3 Å². The molecule has 9 heteroatoms. The first-order valence-corrected chi connectivity index (χ1v) is 6.56. The summed E-state index contributed by atoms with van der Waals surface area (Å²) in [5.41, 5.74) is -0.0396. The van der Waals surface area contributed by atoms with E-state index in [0.717, 1.165) is 11.8 Å². The molecule has 0 unspecified atom stereocenters. The van der Waals surface area contributed by atoms with Crippen LogP contribution in [0, 0.1) is 10.1 Å². The Hall–Kier alpha value is -2.29. The van der Waals surface area contributed by atoms with E-state index in [0.29, 0.717) is 34.8 Å². The molecule has 1 aliphatic heterocycles. The molecule has 20 heavy (non-hydrogen) atoms. The van der Waals surface area contributed by atoms with Crippen molar-refractivity contribution < 1.29 is 14.4 Å². The highest BCUT2D eigenvalue weighted by atomic mass is 32.2. The molecular weight excluding hydrogens is 284 g/mol. The number of benzene rings is 1. The number of nitro benzene ring substituents is 1. The summed E-state index contributed by atoms with van der Waals surface area (Å²) in [6.45, 7) is 0.818. The van der Waals surface area contributed by atoms with Crippen LogP contribution in [0.4, 0.5) is 5.69 Å². The van der Waals surface area contributed by atoms with E-state index in [4.69, 9.17) is 9.47 Å². The first-order valence-electron chi connectivity index (χ1n) is 5.75. The van der Waals surface area contributed by atoms with Gasteiger partial charge in [0.1, 0.15) is 19.5 Å². The van der Waals surface area contributed by atoms with Crippen LogP contribution < -0.4 is 9.47 Å². The minimum Gasteiger partial charge on any atom is -0.486 e. The number of fused-ring (bicyclic) bond motifs is 1. The third-order valence-corrected chi connectivity index (χ3v) is 3.79. The predicted molar refractivity (Wildman–Crippen MR) is 69.2 cm³/mol. The number of nitro groups is 1. The summed E-state index contributed by atoms with van der Waals surface area (Å²) in [5.74, 6) is 0.900. The minimum absolute atomic E-state index is 0.0396. The first kappa shape index (κ1) is 12.7. The fraction of sp³-hybridized carbons (Fsp3) is 0.273. The van der Waals surface area contributed by atoms with Gasteiger partial charge in [0.25, 0.3) is 5.69 Å². The average Bonchev–Trinajstić information content (AvgIpc) is 2.83. The highest BCUT2D eigenvalue weighted by Gasteiger charge is 2.23. The van der Waals surface area contributed by atoms with Crippen molar-refractivity contribution in [3.05, 3.63) is 28.6 Å². The Morgan fingerprint density at radius 1 is 1.35 bits per heavy atom. The summed E-state index contributed by atoms with van der Waals surface area (Å²) >= 11 is 1.16. The lowest BCUT2D eigenvalue weighted by atomic mass is 10.2. The van der Waals surface area contributed by atoms with Gasteiger partial charge >= 0.3 is 0 Å². The molecule has 0 bridgehead atoms. The molecular formula is C11H10N4O4S. The number of aryl methyl sites for hydroxylation is 1. The van der Waals surface area contributed by atoms with Crippen molar-refractivity contribution in [2.45, 2.75) is 10.1 Å². The maximum atomic E-state index is 11.2. The Morgan fingerprint density at radius 2 is 2.05 bits per heavy atom. The van der Waals surface area contributed by atoms with Crippen LogP contribution >= 0.6 is 11.8 Å². The van der Waals surface area contributed by atoms with Gasteiger partial charge in [-0.1, -0.05) is 0 Å². The third-order valence-electron chi connectivity index (χ3n) is 2.69. The molecule has 0 atom stereocenters. The number of rotatable bonds is 3. The second kappa shape index (κ2) is 5.00. The van der Waals surface area contributed by atoms with Crippen LogP contribution in [0.25, 0.3) is 0 Å². The number of nitrogens with zero attached hydrogens (tertiary/aromatic N) is 4. The Morgan fingerprint density at radius 3 is 2.65 bits per heavy atom. The number of hydrogen-bond donors (Lipinski definition) is 0. The predicted octanol–water partition coefficient (Wildman–Crippen LogP) is 1.65. The smallest absolute Gasteiger partial charge is 0.287 e. The summed E-state index contributed by atoms with van der Waals surface area (Å²) < 4.78 is 12.5. The Kier molecular flexibility index (Phi) is 3.18. The van der Waals surface area contributed by atoms with Gasteiger partial charge in [-0.15, -0.1) is 10.2 Å². The average molecular weight is 294 g/mol. The maximum Gasteiger partial charge on any atom is 0.287 e.